The lowest BCUT2D eigenvalue weighted by Gasteiger charge is -2.08. The molecule has 3 aromatic rings. The van der Waals surface area contributed by atoms with Gasteiger partial charge in [0, 0.05) is 35.3 Å². The van der Waals surface area contributed by atoms with Gasteiger partial charge in [0.1, 0.15) is 11.5 Å². The SMILES string of the molecule is CC(=O)c1ccc(NCCc2c[nH]c3cc(F)ccc23)c([N+](=O)[O-])c1. The third-order valence-corrected chi connectivity index (χ3v) is 4.04. The fourth-order valence-electron chi connectivity index (χ4n) is 2.75. The van der Waals surface area contributed by atoms with E-state index in [-0.39, 0.29) is 17.3 Å². The number of Topliss-reactive ketones (excluding diaryl/α,β-unsaturated/α-hetero) is 1. The molecule has 2 aromatic carbocycles. The summed E-state index contributed by atoms with van der Waals surface area (Å²) in [6.45, 7) is 1.83. The van der Waals surface area contributed by atoms with E-state index in [9.17, 15) is 19.3 Å². The second-order valence-corrected chi connectivity index (χ2v) is 5.73. The van der Waals surface area contributed by atoms with Gasteiger partial charge in [0.15, 0.2) is 5.78 Å². The van der Waals surface area contributed by atoms with Gasteiger partial charge in [0.25, 0.3) is 5.69 Å². The molecule has 0 atom stereocenters. The molecular weight excluding hydrogens is 325 g/mol. The van der Waals surface area contributed by atoms with Crippen LogP contribution in [-0.2, 0) is 6.42 Å². The number of aromatic nitrogens is 1. The Labute approximate surface area is 142 Å². The summed E-state index contributed by atoms with van der Waals surface area (Å²) in [5.74, 6) is -0.527. The number of carbonyl (C=O) groups is 1. The van der Waals surface area contributed by atoms with Gasteiger partial charge in [0.2, 0.25) is 0 Å². The molecule has 0 bridgehead atoms. The first-order valence-electron chi connectivity index (χ1n) is 7.74. The van der Waals surface area contributed by atoms with Crippen LogP contribution in [0.15, 0.2) is 42.6 Å². The van der Waals surface area contributed by atoms with E-state index in [4.69, 9.17) is 0 Å². The van der Waals surface area contributed by atoms with Crippen molar-refractivity contribution in [3.05, 3.63) is 69.7 Å². The predicted octanol–water partition coefficient (Wildman–Crippen LogP) is 4.07. The standard InChI is InChI=1S/C18H16FN3O3/c1-11(23)12-2-5-16(18(8-12)22(24)25)20-7-6-13-10-21-17-9-14(19)3-4-15(13)17/h2-5,8-10,20-21H,6-7H2,1H3. The number of halogens is 1. The monoisotopic (exact) mass is 341 g/mol. The van der Waals surface area contributed by atoms with Gasteiger partial charge in [-0.2, -0.15) is 0 Å². The second-order valence-electron chi connectivity index (χ2n) is 5.73. The highest BCUT2D eigenvalue weighted by Gasteiger charge is 2.16. The van der Waals surface area contributed by atoms with Crippen LogP contribution in [0.3, 0.4) is 0 Å². The minimum atomic E-state index is -0.511. The first kappa shape index (κ1) is 16.6. The number of anilines is 1. The summed E-state index contributed by atoms with van der Waals surface area (Å²) < 4.78 is 13.2. The maximum Gasteiger partial charge on any atom is 0.293 e. The lowest BCUT2D eigenvalue weighted by Crippen LogP contribution is -2.07. The van der Waals surface area contributed by atoms with Crippen LogP contribution in [0.1, 0.15) is 22.8 Å². The van der Waals surface area contributed by atoms with Gasteiger partial charge in [-0.15, -0.1) is 0 Å². The zero-order valence-corrected chi connectivity index (χ0v) is 13.5. The lowest BCUT2D eigenvalue weighted by molar-refractivity contribution is -0.384. The smallest absolute Gasteiger partial charge is 0.293 e. The Hall–Kier alpha value is -3.22. The van der Waals surface area contributed by atoms with Crippen LogP contribution in [0, 0.1) is 15.9 Å². The molecule has 7 heteroatoms. The number of aromatic amines is 1. The first-order chi connectivity index (χ1) is 12.0. The van der Waals surface area contributed by atoms with E-state index in [1.54, 1.807) is 24.4 Å². The van der Waals surface area contributed by atoms with Crippen molar-refractivity contribution in [3.63, 3.8) is 0 Å². The highest BCUT2D eigenvalue weighted by atomic mass is 19.1. The van der Waals surface area contributed by atoms with Crippen LogP contribution in [0.2, 0.25) is 0 Å². The minimum absolute atomic E-state index is 0.131. The van der Waals surface area contributed by atoms with E-state index < -0.39 is 4.92 Å². The van der Waals surface area contributed by atoms with E-state index in [0.717, 1.165) is 10.9 Å². The summed E-state index contributed by atoms with van der Waals surface area (Å²) in [6, 6.07) is 8.92. The van der Waals surface area contributed by atoms with Crippen molar-refractivity contribution in [2.24, 2.45) is 0 Å². The number of benzene rings is 2. The Morgan fingerprint density at radius 3 is 2.80 bits per heavy atom. The van der Waals surface area contributed by atoms with E-state index in [2.05, 4.69) is 10.3 Å². The van der Waals surface area contributed by atoms with Gasteiger partial charge >= 0.3 is 0 Å². The number of nitrogens with zero attached hydrogens (tertiary/aromatic N) is 1. The van der Waals surface area contributed by atoms with Crippen molar-refractivity contribution in [3.8, 4) is 0 Å². The zero-order valence-electron chi connectivity index (χ0n) is 13.5. The van der Waals surface area contributed by atoms with Crippen molar-refractivity contribution in [2.75, 3.05) is 11.9 Å². The summed E-state index contributed by atoms with van der Waals surface area (Å²) in [6.07, 6.45) is 2.41. The average molecular weight is 341 g/mol. The minimum Gasteiger partial charge on any atom is -0.379 e. The lowest BCUT2D eigenvalue weighted by atomic mass is 10.1. The molecule has 0 radical (unpaired) electrons. The van der Waals surface area contributed by atoms with E-state index in [0.29, 0.717) is 29.7 Å². The zero-order chi connectivity index (χ0) is 18.0. The van der Waals surface area contributed by atoms with E-state index in [1.807, 2.05) is 0 Å². The van der Waals surface area contributed by atoms with Crippen molar-refractivity contribution in [2.45, 2.75) is 13.3 Å². The van der Waals surface area contributed by atoms with E-state index >= 15 is 0 Å². The van der Waals surface area contributed by atoms with Crippen molar-refractivity contribution in [1.82, 2.24) is 4.98 Å². The fourth-order valence-corrected chi connectivity index (χ4v) is 2.75. The van der Waals surface area contributed by atoms with Gasteiger partial charge in [-0.1, -0.05) is 0 Å². The number of H-pyrrole nitrogens is 1. The third kappa shape index (κ3) is 3.50. The molecule has 1 heterocycles. The van der Waals surface area contributed by atoms with Gasteiger partial charge in [-0.05, 0) is 49.2 Å². The molecule has 2 N–H and O–H groups in total. The number of nitro groups is 1. The number of hydrogen-bond donors (Lipinski definition) is 2. The number of rotatable bonds is 6. The Morgan fingerprint density at radius 2 is 2.08 bits per heavy atom. The number of nitrogens with one attached hydrogen (secondary N) is 2. The molecule has 1 aromatic heterocycles. The predicted molar refractivity (Wildman–Crippen MR) is 93.6 cm³/mol. The maximum absolute atomic E-state index is 13.2. The molecule has 0 spiro atoms. The Balaban J connectivity index is 1.75. The van der Waals surface area contributed by atoms with Crippen molar-refractivity contribution < 1.29 is 14.1 Å². The first-order valence-corrected chi connectivity index (χ1v) is 7.74. The molecule has 0 amide bonds. The van der Waals surface area contributed by atoms with Crippen molar-refractivity contribution >= 4 is 28.1 Å². The maximum atomic E-state index is 13.2. The molecule has 0 aliphatic carbocycles. The summed E-state index contributed by atoms with van der Waals surface area (Å²) in [4.78, 5) is 25.1. The highest BCUT2D eigenvalue weighted by Crippen LogP contribution is 2.26. The highest BCUT2D eigenvalue weighted by molar-refractivity contribution is 5.95. The van der Waals surface area contributed by atoms with Crippen LogP contribution < -0.4 is 5.32 Å². The molecule has 0 fully saturated rings. The average Bonchev–Trinajstić information content (AvgIpc) is 2.96. The van der Waals surface area contributed by atoms with E-state index in [1.165, 1.54) is 25.1 Å². The van der Waals surface area contributed by atoms with Gasteiger partial charge in [-0.3, -0.25) is 14.9 Å². The number of fused-ring (bicyclic) bond motifs is 1. The summed E-state index contributed by atoms with van der Waals surface area (Å²) >= 11 is 0. The molecular formula is C18H16FN3O3. The number of ketones is 1. The molecule has 0 saturated carbocycles. The quantitative estimate of drug-likeness (QED) is 0.402. The molecule has 0 aliphatic heterocycles. The summed E-state index contributed by atoms with van der Waals surface area (Å²) in [5, 5.41) is 15.2. The summed E-state index contributed by atoms with van der Waals surface area (Å²) in [7, 11) is 0. The Bertz CT molecular complexity index is 965. The molecule has 0 unspecified atom stereocenters. The van der Waals surface area contributed by atoms with Crippen molar-refractivity contribution in [1.29, 1.82) is 0 Å². The van der Waals surface area contributed by atoms with Gasteiger partial charge in [0.05, 0.1) is 4.92 Å². The van der Waals surface area contributed by atoms with Crippen LogP contribution in [0.25, 0.3) is 10.9 Å². The van der Waals surface area contributed by atoms with Crippen LogP contribution >= 0.6 is 0 Å². The van der Waals surface area contributed by atoms with Crippen LogP contribution in [0.5, 0.6) is 0 Å². The molecule has 6 nitrogen and oxygen atoms in total. The molecule has 3 rings (SSSR count). The fraction of sp³-hybridized carbons (Fsp3) is 0.167. The third-order valence-electron chi connectivity index (χ3n) is 4.04. The molecule has 0 saturated heterocycles. The molecule has 0 aliphatic rings. The Kier molecular flexibility index (Phi) is 4.47. The number of carbonyl (C=O) groups excluding carboxylic acids is 1. The van der Waals surface area contributed by atoms with Crippen LogP contribution in [-0.4, -0.2) is 22.2 Å². The molecule has 128 valence electrons. The molecule has 25 heavy (non-hydrogen) atoms. The van der Waals surface area contributed by atoms with Gasteiger partial charge < -0.3 is 10.3 Å². The number of hydrogen-bond acceptors (Lipinski definition) is 4. The summed E-state index contributed by atoms with van der Waals surface area (Å²) in [5.41, 5.74) is 2.24. The van der Waals surface area contributed by atoms with Gasteiger partial charge in [-0.25, -0.2) is 4.39 Å². The van der Waals surface area contributed by atoms with Crippen LogP contribution in [0.4, 0.5) is 15.8 Å². The number of nitro benzene ring substituents is 1. The normalized spacial score (nSPS) is 10.8. The Morgan fingerprint density at radius 1 is 1.28 bits per heavy atom. The topological polar surface area (TPSA) is 88.0 Å². The largest absolute Gasteiger partial charge is 0.379 e. The second kappa shape index (κ2) is 6.72.